The first-order chi connectivity index (χ1) is 10.9. The molecule has 0 aliphatic carbocycles. The Balaban J connectivity index is 3.18. The molecule has 1 rings (SSSR count). The van der Waals surface area contributed by atoms with E-state index in [0.29, 0.717) is 0 Å². The van der Waals surface area contributed by atoms with Crippen molar-refractivity contribution >= 4 is 11.4 Å². The molecule has 0 saturated heterocycles. The average Bonchev–Trinajstić information content (AvgIpc) is 2.54. The van der Waals surface area contributed by atoms with Crippen LogP contribution in [-0.2, 0) is 12.8 Å². The van der Waals surface area contributed by atoms with E-state index in [4.69, 9.17) is 10.7 Å². The highest BCUT2D eigenvalue weighted by Crippen LogP contribution is 2.23. The molecule has 0 heterocycles. The van der Waals surface area contributed by atoms with Crippen molar-refractivity contribution in [3.05, 3.63) is 52.7 Å². The van der Waals surface area contributed by atoms with E-state index in [9.17, 15) is 0 Å². The van der Waals surface area contributed by atoms with E-state index in [0.717, 1.165) is 54.8 Å². The molecule has 0 saturated carbocycles. The zero-order valence-corrected chi connectivity index (χ0v) is 15.5. The smallest absolute Gasteiger partial charge is 0.0636 e. The monoisotopic (exact) mass is 312 g/mol. The molecule has 2 heteroatoms. The van der Waals surface area contributed by atoms with E-state index in [1.54, 1.807) is 0 Å². The molecule has 0 amide bonds. The lowest BCUT2D eigenvalue weighted by molar-refractivity contribution is 0.884. The third-order valence-electron chi connectivity index (χ3n) is 4.26. The molecule has 0 aromatic heterocycles. The maximum atomic E-state index is 6.14. The van der Waals surface area contributed by atoms with Crippen molar-refractivity contribution in [3.8, 4) is 0 Å². The maximum Gasteiger partial charge on any atom is 0.0636 e. The van der Waals surface area contributed by atoms with Crippen molar-refractivity contribution in [1.29, 1.82) is 0 Å². The van der Waals surface area contributed by atoms with E-state index in [1.807, 2.05) is 13.8 Å². The van der Waals surface area contributed by atoms with Gasteiger partial charge in [-0.15, -0.1) is 0 Å². The van der Waals surface area contributed by atoms with Crippen LogP contribution >= 0.6 is 0 Å². The zero-order valence-electron chi connectivity index (χ0n) is 15.5. The first kappa shape index (κ1) is 19.2. The van der Waals surface area contributed by atoms with Gasteiger partial charge in [-0.05, 0) is 55.9 Å². The molecule has 1 aromatic rings. The first-order valence-corrected chi connectivity index (χ1v) is 8.76. The van der Waals surface area contributed by atoms with E-state index < -0.39 is 0 Å². The van der Waals surface area contributed by atoms with Crippen LogP contribution in [0.3, 0.4) is 0 Å². The number of nitrogens with zero attached hydrogens (tertiary/aromatic N) is 1. The van der Waals surface area contributed by atoms with Crippen LogP contribution in [0.1, 0.15) is 70.6 Å². The SMILES string of the molecule is C=C(N=C(C)/C(C)=C(\N)CCC)c1cc(CC)ccc1CCC. The molecule has 0 bridgehead atoms. The summed E-state index contributed by atoms with van der Waals surface area (Å²) in [5, 5.41) is 0. The van der Waals surface area contributed by atoms with Crippen LogP contribution in [-0.4, -0.2) is 5.71 Å². The van der Waals surface area contributed by atoms with Gasteiger partial charge in [0, 0.05) is 17.0 Å². The summed E-state index contributed by atoms with van der Waals surface area (Å²) < 4.78 is 0. The van der Waals surface area contributed by atoms with E-state index in [1.165, 1.54) is 16.7 Å². The lowest BCUT2D eigenvalue weighted by atomic mass is 9.97. The standard InChI is InChI=1S/C21H32N2/c1-7-10-19-13-12-18(9-3)14-20(19)17(6)23-16(5)15(4)21(22)11-8-2/h12-14H,6-11,22H2,1-5H3/b21-15-,23-16?. The molecular formula is C21H32N2. The molecule has 0 unspecified atom stereocenters. The van der Waals surface area contributed by atoms with Crippen molar-refractivity contribution in [2.45, 2.75) is 66.7 Å². The van der Waals surface area contributed by atoms with Crippen LogP contribution in [0.15, 0.2) is 41.0 Å². The molecule has 0 spiro atoms. The largest absolute Gasteiger partial charge is 0.402 e. The number of aliphatic imine (C=N–C) groups is 1. The minimum absolute atomic E-state index is 0.838. The highest BCUT2D eigenvalue weighted by Gasteiger charge is 2.08. The zero-order chi connectivity index (χ0) is 17.4. The average molecular weight is 313 g/mol. The van der Waals surface area contributed by atoms with Crippen molar-refractivity contribution in [3.63, 3.8) is 0 Å². The molecule has 0 aliphatic rings. The molecule has 23 heavy (non-hydrogen) atoms. The normalized spacial score (nSPS) is 13.0. The van der Waals surface area contributed by atoms with Crippen LogP contribution in [0.5, 0.6) is 0 Å². The van der Waals surface area contributed by atoms with Gasteiger partial charge in [-0.1, -0.05) is 52.3 Å². The predicted octanol–water partition coefficient (Wildman–Crippen LogP) is 5.67. The van der Waals surface area contributed by atoms with Crippen LogP contribution in [0.4, 0.5) is 0 Å². The van der Waals surface area contributed by atoms with Crippen molar-refractivity contribution in [2.24, 2.45) is 10.7 Å². The predicted molar refractivity (Wildman–Crippen MR) is 104 cm³/mol. The molecular weight excluding hydrogens is 280 g/mol. The van der Waals surface area contributed by atoms with E-state index >= 15 is 0 Å². The summed E-state index contributed by atoms with van der Waals surface area (Å²) in [6.45, 7) is 14.8. The van der Waals surface area contributed by atoms with Gasteiger partial charge < -0.3 is 5.73 Å². The van der Waals surface area contributed by atoms with Gasteiger partial charge in [-0.3, -0.25) is 4.99 Å². The van der Waals surface area contributed by atoms with Gasteiger partial charge in [0.25, 0.3) is 0 Å². The number of aryl methyl sites for hydroxylation is 2. The Morgan fingerprint density at radius 3 is 2.39 bits per heavy atom. The van der Waals surface area contributed by atoms with Crippen LogP contribution < -0.4 is 5.73 Å². The van der Waals surface area contributed by atoms with E-state index in [2.05, 4.69) is 45.5 Å². The van der Waals surface area contributed by atoms with Crippen LogP contribution in [0, 0.1) is 0 Å². The Bertz CT molecular complexity index is 606. The number of rotatable bonds is 8. The summed E-state index contributed by atoms with van der Waals surface area (Å²) in [5.74, 6) is 0. The summed E-state index contributed by atoms with van der Waals surface area (Å²) in [6.07, 6.45) is 5.17. The summed E-state index contributed by atoms with van der Waals surface area (Å²) in [5.41, 5.74) is 13.8. The molecule has 2 nitrogen and oxygen atoms in total. The first-order valence-electron chi connectivity index (χ1n) is 8.76. The summed E-state index contributed by atoms with van der Waals surface area (Å²) >= 11 is 0. The number of hydrogen-bond acceptors (Lipinski definition) is 2. The molecule has 0 aliphatic heterocycles. The van der Waals surface area contributed by atoms with Gasteiger partial charge in [0.05, 0.1) is 5.70 Å². The quantitative estimate of drug-likeness (QED) is 0.617. The Morgan fingerprint density at radius 2 is 1.83 bits per heavy atom. The van der Waals surface area contributed by atoms with Crippen LogP contribution in [0.2, 0.25) is 0 Å². The fraction of sp³-hybridized carbons (Fsp3) is 0.476. The maximum absolute atomic E-state index is 6.14. The molecule has 0 atom stereocenters. The Morgan fingerprint density at radius 1 is 1.13 bits per heavy atom. The third-order valence-corrected chi connectivity index (χ3v) is 4.26. The van der Waals surface area contributed by atoms with Crippen molar-refractivity contribution in [2.75, 3.05) is 0 Å². The molecule has 1 aromatic carbocycles. The second kappa shape index (κ2) is 9.34. The fourth-order valence-electron chi connectivity index (χ4n) is 2.64. The van der Waals surface area contributed by atoms with Crippen molar-refractivity contribution < 1.29 is 0 Å². The van der Waals surface area contributed by atoms with Gasteiger partial charge in [-0.2, -0.15) is 0 Å². The minimum Gasteiger partial charge on any atom is -0.402 e. The summed E-state index contributed by atoms with van der Waals surface area (Å²) in [4.78, 5) is 4.75. The fourth-order valence-corrected chi connectivity index (χ4v) is 2.64. The third kappa shape index (κ3) is 5.38. The van der Waals surface area contributed by atoms with Crippen molar-refractivity contribution in [1.82, 2.24) is 0 Å². The Labute approximate surface area is 142 Å². The molecule has 2 N–H and O–H groups in total. The van der Waals surface area contributed by atoms with Gasteiger partial charge in [0.2, 0.25) is 0 Å². The summed E-state index contributed by atoms with van der Waals surface area (Å²) in [6, 6.07) is 6.67. The number of nitrogens with two attached hydrogens (primary N) is 1. The highest BCUT2D eigenvalue weighted by atomic mass is 14.8. The molecule has 0 radical (unpaired) electrons. The Hall–Kier alpha value is -1.83. The van der Waals surface area contributed by atoms with Gasteiger partial charge in [-0.25, -0.2) is 0 Å². The second-order valence-electron chi connectivity index (χ2n) is 6.14. The topological polar surface area (TPSA) is 38.4 Å². The lowest BCUT2D eigenvalue weighted by Gasteiger charge is -2.12. The van der Waals surface area contributed by atoms with Gasteiger partial charge >= 0.3 is 0 Å². The second-order valence-corrected chi connectivity index (χ2v) is 6.14. The molecule has 126 valence electrons. The molecule has 0 fully saturated rings. The number of benzene rings is 1. The Kier molecular flexibility index (Phi) is 7.80. The minimum atomic E-state index is 0.838. The highest BCUT2D eigenvalue weighted by molar-refractivity contribution is 6.01. The number of allylic oxidation sites excluding steroid dienone is 2. The lowest BCUT2D eigenvalue weighted by Crippen LogP contribution is -2.07. The number of hydrogen-bond donors (Lipinski definition) is 1. The van der Waals surface area contributed by atoms with Gasteiger partial charge in [0.15, 0.2) is 0 Å². The summed E-state index contributed by atoms with van der Waals surface area (Å²) in [7, 11) is 0. The van der Waals surface area contributed by atoms with E-state index in [-0.39, 0.29) is 0 Å². The van der Waals surface area contributed by atoms with Crippen LogP contribution in [0.25, 0.3) is 5.70 Å². The van der Waals surface area contributed by atoms with Gasteiger partial charge in [0.1, 0.15) is 0 Å².